The summed E-state index contributed by atoms with van der Waals surface area (Å²) in [7, 11) is 0. The van der Waals surface area contributed by atoms with Gasteiger partial charge < -0.3 is 10.0 Å². The van der Waals surface area contributed by atoms with Crippen molar-refractivity contribution in [3.63, 3.8) is 0 Å². The molecule has 3 aromatic carbocycles. The minimum atomic E-state index is -0.462. The Morgan fingerprint density at radius 2 is 1.57 bits per heavy atom. The smallest absolute Gasteiger partial charge is 0.290 e. The van der Waals surface area contributed by atoms with Crippen molar-refractivity contribution in [2.24, 2.45) is 0 Å². The number of hydrogen-bond acceptors (Lipinski definition) is 2. The second kappa shape index (κ2) is 7.60. The van der Waals surface area contributed by atoms with Crippen LogP contribution in [-0.2, 0) is 11.3 Å². The van der Waals surface area contributed by atoms with Crippen molar-refractivity contribution in [3.05, 3.63) is 112 Å². The monoisotopic (exact) mass is 437 g/mol. The van der Waals surface area contributed by atoms with E-state index in [1.54, 1.807) is 17.0 Å². The SMILES string of the molecule is O=C1C(O)=C(c2ccccc2)C(c2ccccc2Br)N1Cc1ccc(F)cc1. The van der Waals surface area contributed by atoms with Crippen LogP contribution in [0.1, 0.15) is 22.7 Å². The van der Waals surface area contributed by atoms with Gasteiger partial charge in [-0.15, -0.1) is 0 Å². The number of amides is 1. The van der Waals surface area contributed by atoms with Crippen molar-refractivity contribution in [2.75, 3.05) is 0 Å². The quantitative estimate of drug-likeness (QED) is 0.573. The first-order valence-electron chi connectivity index (χ1n) is 8.84. The summed E-state index contributed by atoms with van der Waals surface area (Å²) in [6.07, 6.45) is 0. The second-order valence-corrected chi connectivity index (χ2v) is 7.47. The number of aliphatic hydroxyl groups is 1. The number of benzene rings is 3. The Labute approximate surface area is 170 Å². The molecule has 1 amide bonds. The first kappa shape index (κ1) is 18.4. The molecule has 0 spiro atoms. The topological polar surface area (TPSA) is 40.5 Å². The predicted octanol–water partition coefficient (Wildman–Crippen LogP) is 5.64. The lowest BCUT2D eigenvalue weighted by atomic mass is 9.93. The van der Waals surface area contributed by atoms with Gasteiger partial charge in [0.2, 0.25) is 0 Å². The molecule has 3 nitrogen and oxygen atoms in total. The molecule has 0 aliphatic carbocycles. The third-order valence-corrected chi connectivity index (χ3v) is 5.58. The molecule has 0 bridgehead atoms. The lowest BCUT2D eigenvalue weighted by molar-refractivity contribution is -0.130. The molecule has 4 rings (SSSR count). The Bertz CT molecular complexity index is 1050. The normalized spacial score (nSPS) is 16.7. The molecule has 1 aliphatic heterocycles. The third kappa shape index (κ3) is 3.34. The zero-order valence-electron chi connectivity index (χ0n) is 14.8. The fourth-order valence-corrected chi connectivity index (χ4v) is 4.04. The van der Waals surface area contributed by atoms with Gasteiger partial charge in [-0.05, 0) is 34.9 Å². The lowest BCUT2D eigenvalue weighted by Gasteiger charge is -2.28. The number of halogens is 2. The molecule has 0 fully saturated rings. The first-order chi connectivity index (χ1) is 13.6. The standard InChI is InChI=1S/C23H17BrFNO2/c24-19-9-5-4-8-18(19)21-20(16-6-2-1-3-7-16)22(27)23(28)26(21)14-15-10-12-17(25)13-11-15/h1-13,21,27H,14H2. The van der Waals surface area contributed by atoms with Gasteiger partial charge in [-0.3, -0.25) is 4.79 Å². The number of rotatable bonds is 4. The number of nitrogens with zero attached hydrogens (tertiary/aromatic N) is 1. The van der Waals surface area contributed by atoms with E-state index in [4.69, 9.17) is 0 Å². The average Bonchev–Trinajstić information content (AvgIpc) is 2.95. The van der Waals surface area contributed by atoms with Crippen LogP contribution in [-0.4, -0.2) is 15.9 Å². The molecule has 0 saturated heterocycles. The Morgan fingerprint density at radius 1 is 0.929 bits per heavy atom. The van der Waals surface area contributed by atoms with Crippen molar-refractivity contribution in [1.82, 2.24) is 4.90 Å². The van der Waals surface area contributed by atoms with Gasteiger partial charge in [0.05, 0.1) is 6.04 Å². The van der Waals surface area contributed by atoms with E-state index >= 15 is 0 Å². The third-order valence-electron chi connectivity index (χ3n) is 4.85. The second-order valence-electron chi connectivity index (χ2n) is 6.61. The maximum absolute atomic E-state index is 13.3. The van der Waals surface area contributed by atoms with Gasteiger partial charge in [-0.2, -0.15) is 0 Å². The highest BCUT2D eigenvalue weighted by Crippen LogP contribution is 2.45. The number of carbonyl (C=O) groups excluding carboxylic acids is 1. The van der Waals surface area contributed by atoms with Crippen LogP contribution in [0.4, 0.5) is 4.39 Å². The first-order valence-corrected chi connectivity index (χ1v) is 9.64. The average molecular weight is 438 g/mol. The summed E-state index contributed by atoms with van der Waals surface area (Å²) in [5.41, 5.74) is 3.02. The highest BCUT2D eigenvalue weighted by molar-refractivity contribution is 9.10. The minimum Gasteiger partial charge on any atom is -0.503 e. The van der Waals surface area contributed by atoms with Gasteiger partial charge in [-0.1, -0.05) is 76.6 Å². The van der Waals surface area contributed by atoms with Gasteiger partial charge in [0.25, 0.3) is 5.91 Å². The largest absolute Gasteiger partial charge is 0.503 e. The fourth-order valence-electron chi connectivity index (χ4n) is 3.54. The molecule has 0 aromatic heterocycles. The maximum atomic E-state index is 13.3. The van der Waals surface area contributed by atoms with Gasteiger partial charge in [0.15, 0.2) is 5.76 Å². The molecule has 1 aliphatic rings. The molecule has 28 heavy (non-hydrogen) atoms. The summed E-state index contributed by atoms with van der Waals surface area (Å²) in [5, 5.41) is 10.7. The van der Waals surface area contributed by atoms with Gasteiger partial charge >= 0.3 is 0 Å². The summed E-state index contributed by atoms with van der Waals surface area (Å²) in [6, 6.07) is 22.6. The number of aliphatic hydroxyl groups excluding tert-OH is 1. The molecule has 0 radical (unpaired) electrons. The van der Waals surface area contributed by atoms with Gasteiger partial charge in [0.1, 0.15) is 5.82 Å². The van der Waals surface area contributed by atoms with Crippen LogP contribution in [0.3, 0.4) is 0 Å². The predicted molar refractivity (Wildman–Crippen MR) is 110 cm³/mol. The van der Waals surface area contributed by atoms with Crippen molar-refractivity contribution < 1.29 is 14.3 Å². The fraction of sp³-hybridized carbons (Fsp3) is 0.0870. The molecule has 1 heterocycles. The van der Waals surface area contributed by atoms with Crippen LogP contribution in [0.15, 0.2) is 89.1 Å². The van der Waals surface area contributed by atoms with E-state index in [1.165, 1.54) is 12.1 Å². The molecule has 5 heteroatoms. The maximum Gasteiger partial charge on any atom is 0.290 e. The molecular weight excluding hydrogens is 421 g/mol. The Morgan fingerprint density at radius 3 is 2.25 bits per heavy atom. The van der Waals surface area contributed by atoms with E-state index in [9.17, 15) is 14.3 Å². The van der Waals surface area contributed by atoms with Crippen molar-refractivity contribution in [2.45, 2.75) is 12.6 Å². The highest BCUT2D eigenvalue weighted by atomic mass is 79.9. The van der Waals surface area contributed by atoms with Crippen LogP contribution in [0.5, 0.6) is 0 Å². The van der Waals surface area contributed by atoms with E-state index in [2.05, 4.69) is 15.9 Å². The Kier molecular flexibility index (Phi) is 5.01. The summed E-state index contributed by atoms with van der Waals surface area (Å²) < 4.78 is 14.1. The van der Waals surface area contributed by atoms with Crippen molar-refractivity contribution in [3.8, 4) is 0 Å². The van der Waals surface area contributed by atoms with E-state index in [0.29, 0.717) is 5.57 Å². The van der Waals surface area contributed by atoms with Crippen LogP contribution in [0.2, 0.25) is 0 Å². The molecule has 1 atom stereocenters. The Hall–Kier alpha value is -2.92. The highest BCUT2D eigenvalue weighted by Gasteiger charge is 2.41. The Balaban J connectivity index is 1.83. The molecule has 0 saturated carbocycles. The zero-order chi connectivity index (χ0) is 19.7. The van der Waals surface area contributed by atoms with Crippen LogP contribution >= 0.6 is 15.9 Å². The summed E-state index contributed by atoms with van der Waals surface area (Å²) in [5.74, 6) is -1.03. The minimum absolute atomic E-state index is 0.255. The molecular formula is C23H17BrFNO2. The lowest BCUT2D eigenvalue weighted by Crippen LogP contribution is -2.30. The van der Waals surface area contributed by atoms with E-state index < -0.39 is 11.9 Å². The van der Waals surface area contributed by atoms with Gasteiger partial charge in [-0.25, -0.2) is 4.39 Å². The molecule has 1 N–H and O–H groups in total. The number of hydrogen-bond donors (Lipinski definition) is 1. The summed E-state index contributed by atoms with van der Waals surface area (Å²) >= 11 is 3.58. The molecule has 140 valence electrons. The summed E-state index contributed by atoms with van der Waals surface area (Å²) in [4.78, 5) is 14.6. The molecule has 3 aromatic rings. The summed E-state index contributed by atoms with van der Waals surface area (Å²) in [6.45, 7) is 0.255. The van der Waals surface area contributed by atoms with E-state index in [0.717, 1.165) is 21.2 Å². The van der Waals surface area contributed by atoms with Crippen LogP contribution in [0.25, 0.3) is 5.57 Å². The zero-order valence-corrected chi connectivity index (χ0v) is 16.4. The van der Waals surface area contributed by atoms with Gasteiger partial charge in [0, 0.05) is 16.6 Å². The van der Waals surface area contributed by atoms with Crippen molar-refractivity contribution >= 4 is 27.4 Å². The van der Waals surface area contributed by atoms with E-state index in [1.807, 2.05) is 54.6 Å². The van der Waals surface area contributed by atoms with E-state index in [-0.39, 0.29) is 18.1 Å². The number of carbonyl (C=O) groups is 1. The molecule has 1 unspecified atom stereocenters. The van der Waals surface area contributed by atoms with Crippen LogP contribution in [0, 0.1) is 5.82 Å². The van der Waals surface area contributed by atoms with Crippen molar-refractivity contribution in [1.29, 1.82) is 0 Å². The van der Waals surface area contributed by atoms with Crippen LogP contribution < -0.4 is 0 Å².